The van der Waals surface area contributed by atoms with Gasteiger partial charge in [-0.2, -0.15) is 0 Å². The van der Waals surface area contributed by atoms with E-state index in [0.29, 0.717) is 5.02 Å². The van der Waals surface area contributed by atoms with Gasteiger partial charge in [0, 0.05) is 17.1 Å². The second-order valence-corrected chi connectivity index (χ2v) is 5.87. The fourth-order valence-corrected chi connectivity index (χ4v) is 2.86. The van der Waals surface area contributed by atoms with Gasteiger partial charge in [0.25, 0.3) is 0 Å². The van der Waals surface area contributed by atoms with Crippen molar-refractivity contribution in [3.05, 3.63) is 33.3 Å². The zero-order valence-corrected chi connectivity index (χ0v) is 12.2. The standard InChI is InChI=1S/C13H15BrClNO2/c14-11-4-3-9(6-12(11)15)8-16-5-1-2-10(16)7-13(17)18/h3-4,6,10H,1-2,5,7-8H2,(H,17,18). The Balaban J connectivity index is 2.03. The van der Waals surface area contributed by atoms with Gasteiger partial charge < -0.3 is 5.11 Å². The molecule has 1 aliphatic heterocycles. The first kappa shape index (κ1) is 13.8. The Morgan fingerprint density at radius 1 is 1.56 bits per heavy atom. The topological polar surface area (TPSA) is 40.5 Å². The summed E-state index contributed by atoms with van der Waals surface area (Å²) in [5.41, 5.74) is 1.13. The molecule has 1 N–H and O–H groups in total. The number of hydrogen-bond acceptors (Lipinski definition) is 2. The van der Waals surface area contributed by atoms with E-state index in [-0.39, 0.29) is 12.5 Å². The van der Waals surface area contributed by atoms with Crippen LogP contribution in [-0.4, -0.2) is 28.6 Å². The zero-order chi connectivity index (χ0) is 13.1. The average Bonchev–Trinajstić information content (AvgIpc) is 2.70. The molecule has 1 aromatic carbocycles. The molecule has 1 aliphatic rings. The molecule has 0 aromatic heterocycles. The van der Waals surface area contributed by atoms with Crippen molar-refractivity contribution in [3.8, 4) is 0 Å². The Morgan fingerprint density at radius 3 is 3.00 bits per heavy atom. The monoisotopic (exact) mass is 331 g/mol. The van der Waals surface area contributed by atoms with Crippen LogP contribution in [0.3, 0.4) is 0 Å². The maximum absolute atomic E-state index is 10.8. The maximum Gasteiger partial charge on any atom is 0.304 e. The summed E-state index contributed by atoms with van der Waals surface area (Å²) in [7, 11) is 0. The first-order chi connectivity index (χ1) is 8.56. The van der Waals surface area contributed by atoms with E-state index in [1.807, 2.05) is 18.2 Å². The molecule has 1 unspecified atom stereocenters. The molecule has 0 amide bonds. The fraction of sp³-hybridized carbons (Fsp3) is 0.462. The van der Waals surface area contributed by atoms with Crippen molar-refractivity contribution in [2.75, 3.05) is 6.54 Å². The Kier molecular flexibility index (Phi) is 4.65. The van der Waals surface area contributed by atoms with Crippen LogP contribution >= 0.6 is 27.5 Å². The number of carboxylic acid groups (broad SMARTS) is 1. The molecule has 1 fully saturated rings. The molecule has 0 saturated carbocycles. The minimum absolute atomic E-state index is 0.157. The Bertz CT molecular complexity index is 453. The summed E-state index contributed by atoms with van der Waals surface area (Å²) in [4.78, 5) is 13.0. The second kappa shape index (κ2) is 6.04. The minimum Gasteiger partial charge on any atom is -0.481 e. The van der Waals surface area contributed by atoms with E-state index in [0.717, 1.165) is 36.0 Å². The van der Waals surface area contributed by atoms with Crippen LogP contribution in [0.5, 0.6) is 0 Å². The quantitative estimate of drug-likeness (QED) is 0.917. The van der Waals surface area contributed by atoms with E-state index in [4.69, 9.17) is 16.7 Å². The second-order valence-electron chi connectivity index (χ2n) is 4.61. The van der Waals surface area contributed by atoms with Crippen LogP contribution in [0.15, 0.2) is 22.7 Å². The number of nitrogens with zero attached hydrogens (tertiary/aromatic N) is 1. The summed E-state index contributed by atoms with van der Waals surface area (Å²) < 4.78 is 0.886. The highest BCUT2D eigenvalue weighted by Crippen LogP contribution is 2.26. The highest BCUT2D eigenvalue weighted by molar-refractivity contribution is 9.10. The van der Waals surface area contributed by atoms with Crippen molar-refractivity contribution in [3.63, 3.8) is 0 Å². The summed E-state index contributed by atoms with van der Waals surface area (Å²) >= 11 is 9.42. The molecule has 2 rings (SSSR count). The van der Waals surface area contributed by atoms with Crippen molar-refractivity contribution < 1.29 is 9.90 Å². The lowest BCUT2D eigenvalue weighted by Crippen LogP contribution is -2.30. The lowest BCUT2D eigenvalue weighted by Gasteiger charge is -2.23. The molecule has 98 valence electrons. The number of carboxylic acids is 1. The third-order valence-corrected chi connectivity index (χ3v) is 4.51. The molecule has 0 spiro atoms. The molecular weight excluding hydrogens is 318 g/mol. The van der Waals surface area contributed by atoms with Gasteiger partial charge in [0.15, 0.2) is 0 Å². The maximum atomic E-state index is 10.8. The number of rotatable bonds is 4. The van der Waals surface area contributed by atoms with Crippen molar-refractivity contribution in [2.45, 2.75) is 31.8 Å². The molecule has 5 heteroatoms. The summed E-state index contributed by atoms with van der Waals surface area (Å²) in [5.74, 6) is -0.722. The number of benzene rings is 1. The Hall–Kier alpha value is -0.580. The molecule has 1 atom stereocenters. The van der Waals surface area contributed by atoms with E-state index < -0.39 is 5.97 Å². The van der Waals surface area contributed by atoms with E-state index >= 15 is 0 Å². The van der Waals surface area contributed by atoms with Gasteiger partial charge in [0.2, 0.25) is 0 Å². The van der Waals surface area contributed by atoms with Gasteiger partial charge in [-0.25, -0.2) is 0 Å². The van der Waals surface area contributed by atoms with E-state index in [1.165, 1.54) is 0 Å². The highest BCUT2D eigenvalue weighted by atomic mass is 79.9. The first-order valence-electron chi connectivity index (χ1n) is 5.96. The van der Waals surface area contributed by atoms with Crippen molar-refractivity contribution in [2.24, 2.45) is 0 Å². The summed E-state index contributed by atoms with van der Waals surface area (Å²) in [5, 5.41) is 9.58. The van der Waals surface area contributed by atoms with Crippen LogP contribution in [0, 0.1) is 0 Å². The summed E-state index contributed by atoms with van der Waals surface area (Å²) in [6, 6.07) is 6.04. The predicted octanol–water partition coefficient (Wildman–Crippen LogP) is 3.54. The molecule has 0 bridgehead atoms. The van der Waals surface area contributed by atoms with Crippen LogP contribution in [0.1, 0.15) is 24.8 Å². The van der Waals surface area contributed by atoms with Gasteiger partial charge in [-0.05, 0) is 53.0 Å². The number of aliphatic carboxylic acids is 1. The van der Waals surface area contributed by atoms with Crippen molar-refractivity contribution in [1.29, 1.82) is 0 Å². The minimum atomic E-state index is -0.722. The van der Waals surface area contributed by atoms with Gasteiger partial charge in [0.05, 0.1) is 11.4 Å². The first-order valence-corrected chi connectivity index (χ1v) is 7.13. The smallest absolute Gasteiger partial charge is 0.304 e. The van der Waals surface area contributed by atoms with E-state index in [1.54, 1.807) is 0 Å². The highest BCUT2D eigenvalue weighted by Gasteiger charge is 2.26. The average molecular weight is 333 g/mol. The van der Waals surface area contributed by atoms with Crippen molar-refractivity contribution >= 4 is 33.5 Å². The van der Waals surface area contributed by atoms with Gasteiger partial charge >= 0.3 is 5.97 Å². The van der Waals surface area contributed by atoms with E-state index in [9.17, 15) is 4.79 Å². The SMILES string of the molecule is O=C(O)CC1CCCN1Cc1ccc(Br)c(Cl)c1. The van der Waals surface area contributed by atoms with Crippen LogP contribution in [0.25, 0.3) is 0 Å². The van der Waals surface area contributed by atoms with Gasteiger partial charge in [-0.3, -0.25) is 9.69 Å². The third kappa shape index (κ3) is 3.46. The molecule has 3 nitrogen and oxygen atoms in total. The number of likely N-dealkylation sites (tertiary alicyclic amines) is 1. The van der Waals surface area contributed by atoms with Crippen molar-refractivity contribution in [1.82, 2.24) is 4.90 Å². The molecule has 1 heterocycles. The van der Waals surface area contributed by atoms with Crippen LogP contribution in [-0.2, 0) is 11.3 Å². The summed E-state index contributed by atoms with van der Waals surface area (Å²) in [6.07, 6.45) is 2.27. The fourth-order valence-electron chi connectivity index (χ4n) is 2.41. The van der Waals surface area contributed by atoms with Crippen LogP contribution < -0.4 is 0 Å². The molecule has 1 aromatic rings. The normalized spacial score (nSPS) is 20.2. The van der Waals surface area contributed by atoms with Crippen LogP contribution in [0.2, 0.25) is 5.02 Å². The molecular formula is C13H15BrClNO2. The van der Waals surface area contributed by atoms with Gasteiger partial charge in [-0.1, -0.05) is 17.7 Å². The molecule has 1 saturated heterocycles. The number of halogens is 2. The summed E-state index contributed by atoms with van der Waals surface area (Å²) in [6.45, 7) is 1.73. The zero-order valence-electron chi connectivity index (χ0n) is 9.90. The number of hydrogen-bond donors (Lipinski definition) is 1. The lowest BCUT2D eigenvalue weighted by molar-refractivity contribution is -0.138. The van der Waals surface area contributed by atoms with Gasteiger partial charge in [0.1, 0.15) is 0 Å². The van der Waals surface area contributed by atoms with Gasteiger partial charge in [-0.15, -0.1) is 0 Å². The largest absolute Gasteiger partial charge is 0.481 e. The molecule has 0 aliphatic carbocycles. The number of carbonyl (C=O) groups is 1. The molecule has 18 heavy (non-hydrogen) atoms. The Labute approximate surface area is 120 Å². The predicted molar refractivity (Wildman–Crippen MR) is 74.8 cm³/mol. The van der Waals surface area contributed by atoms with E-state index in [2.05, 4.69) is 20.8 Å². The van der Waals surface area contributed by atoms with Crippen LogP contribution in [0.4, 0.5) is 0 Å². The molecule has 0 radical (unpaired) electrons. The third-order valence-electron chi connectivity index (χ3n) is 3.28. The Morgan fingerprint density at radius 2 is 2.33 bits per heavy atom. The lowest BCUT2D eigenvalue weighted by atomic mass is 10.1.